The van der Waals surface area contributed by atoms with Crippen molar-refractivity contribution in [3.63, 3.8) is 0 Å². The average molecular weight is 283 g/mol. The van der Waals surface area contributed by atoms with E-state index in [1.54, 1.807) is 18.3 Å². The van der Waals surface area contributed by atoms with Gasteiger partial charge < -0.3 is 4.90 Å². The van der Waals surface area contributed by atoms with Gasteiger partial charge in [-0.3, -0.25) is 5.01 Å². The third kappa shape index (κ3) is 3.60. The van der Waals surface area contributed by atoms with Gasteiger partial charge in [-0.05, 0) is 29.8 Å². The van der Waals surface area contributed by atoms with Crippen LogP contribution in [0.3, 0.4) is 0 Å². The Bertz CT molecular complexity index is 587. The summed E-state index contributed by atoms with van der Waals surface area (Å²) in [5, 5.41) is 6.53. The summed E-state index contributed by atoms with van der Waals surface area (Å²) in [6.07, 6.45) is 1.79. The molecule has 4 heteroatoms. The van der Waals surface area contributed by atoms with Crippen molar-refractivity contribution in [2.75, 3.05) is 31.1 Å². The van der Waals surface area contributed by atoms with Gasteiger partial charge in [-0.2, -0.15) is 5.10 Å². The summed E-state index contributed by atoms with van der Waals surface area (Å²) in [5.41, 5.74) is 2.18. The first kappa shape index (κ1) is 13.6. The van der Waals surface area contributed by atoms with Crippen LogP contribution in [-0.2, 0) is 0 Å². The lowest BCUT2D eigenvalue weighted by molar-refractivity contribution is 0.272. The van der Waals surface area contributed by atoms with E-state index in [0.29, 0.717) is 0 Å². The van der Waals surface area contributed by atoms with Gasteiger partial charge in [0.1, 0.15) is 5.82 Å². The van der Waals surface area contributed by atoms with Crippen LogP contribution in [0.1, 0.15) is 5.56 Å². The van der Waals surface area contributed by atoms with Crippen molar-refractivity contribution >= 4 is 11.9 Å². The predicted molar refractivity (Wildman–Crippen MR) is 84.2 cm³/mol. The minimum Gasteiger partial charge on any atom is -0.368 e. The average Bonchev–Trinajstić information content (AvgIpc) is 2.56. The number of rotatable bonds is 3. The zero-order valence-electron chi connectivity index (χ0n) is 11.8. The molecular weight excluding hydrogens is 265 g/mol. The van der Waals surface area contributed by atoms with E-state index >= 15 is 0 Å². The topological polar surface area (TPSA) is 18.8 Å². The van der Waals surface area contributed by atoms with Crippen LogP contribution in [-0.4, -0.2) is 37.4 Å². The highest BCUT2D eigenvalue weighted by Gasteiger charge is 2.15. The summed E-state index contributed by atoms with van der Waals surface area (Å²) in [4.78, 5) is 2.36. The van der Waals surface area contributed by atoms with Crippen LogP contribution in [0, 0.1) is 5.82 Å². The molecule has 1 aliphatic heterocycles. The Kier molecular flexibility index (Phi) is 4.15. The number of hydrazone groups is 1. The Morgan fingerprint density at radius 2 is 1.52 bits per heavy atom. The molecule has 1 saturated heterocycles. The Hall–Kier alpha value is -2.36. The molecule has 0 radical (unpaired) electrons. The summed E-state index contributed by atoms with van der Waals surface area (Å²) in [6, 6.07) is 16.8. The molecule has 3 rings (SSSR count). The number of piperazine rings is 1. The molecule has 108 valence electrons. The second-order valence-corrected chi connectivity index (χ2v) is 5.07. The van der Waals surface area contributed by atoms with Crippen molar-refractivity contribution in [1.29, 1.82) is 0 Å². The van der Waals surface area contributed by atoms with Gasteiger partial charge in [-0.1, -0.05) is 30.3 Å². The Labute approximate surface area is 124 Å². The van der Waals surface area contributed by atoms with Crippen LogP contribution < -0.4 is 4.90 Å². The minimum atomic E-state index is -0.219. The van der Waals surface area contributed by atoms with Gasteiger partial charge >= 0.3 is 0 Å². The summed E-state index contributed by atoms with van der Waals surface area (Å²) in [7, 11) is 0. The molecule has 0 bridgehead atoms. The second-order valence-electron chi connectivity index (χ2n) is 5.07. The minimum absolute atomic E-state index is 0.219. The summed E-state index contributed by atoms with van der Waals surface area (Å²) < 4.78 is 12.8. The first-order chi connectivity index (χ1) is 10.3. The summed E-state index contributed by atoms with van der Waals surface area (Å²) in [5.74, 6) is -0.219. The highest BCUT2D eigenvalue weighted by molar-refractivity contribution is 5.79. The molecule has 1 fully saturated rings. The smallest absolute Gasteiger partial charge is 0.123 e. The zero-order chi connectivity index (χ0) is 14.5. The van der Waals surface area contributed by atoms with Gasteiger partial charge in [0.2, 0.25) is 0 Å². The standard InChI is InChI=1S/C17H18FN3/c18-16-8-6-15(7-9-16)14-19-21-12-10-20(11-13-21)17-4-2-1-3-5-17/h1-9,14H,10-13H2. The predicted octanol–water partition coefficient (Wildman–Crippen LogP) is 2.98. The Balaban J connectivity index is 1.55. The van der Waals surface area contributed by atoms with E-state index in [9.17, 15) is 4.39 Å². The lowest BCUT2D eigenvalue weighted by atomic mass is 10.2. The Morgan fingerprint density at radius 1 is 0.857 bits per heavy atom. The van der Waals surface area contributed by atoms with Gasteiger partial charge in [0.05, 0.1) is 19.3 Å². The third-order valence-electron chi connectivity index (χ3n) is 3.62. The van der Waals surface area contributed by atoms with Crippen molar-refractivity contribution in [1.82, 2.24) is 5.01 Å². The van der Waals surface area contributed by atoms with Crippen molar-refractivity contribution in [3.8, 4) is 0 Å². The number of halogens is 1. The molecule has 0 N–H and O–H groups in total. The maximum absolute atomic E-state index is 12.8. The molecule has 2 aromatic rings. The van der Waals surface area contributed by atoms with Gasteiger partial charge in [0, 0.05) is 18.8 Å². The lowest BCUT2D eigenvalue weighted by Gasteiger charge is -2.34. The highest BCUT2D eigenvalue weighted by atomic mass is 19.1. The molecule has 21 heavy (non-hydrogen) atoms. The summed E-state index contributed by atoms with van der Waals surface area (Å²) >= 11 is 0. The third-order valence-corrected chi connectivity index (χ3v) is 3.62. The molecule has 0 saturated carbocycles. The molecule has 1 aliphatic rings. The van der Waals surface area contributed by atoms with E-state index in [0.717, 1.165) is 31.7 Å². The molecular formula is C17H18FN3. The fourth-order valence-electron chi connectivity index (χ4n) is 2.41. The normalized spacial score (nSPS) is 15.7. The number of hydrogen-bond donors (Lipinski definition) is 0. The Morgan fingerprint density at radius 3 is 2.19 bits per heavy atom. The van der Waals surface area contributed by atoms with E-state index in [-0.39, 0.29) is 5.82 Å². The number of nitrogens with zero attached hydrogens (tertiary/aromatic N) is 3. The number of para-hydroxylation sites is 1. The fraction of sp³-hybridized carbons (Fsp3) is 0.235. The van der Waals surface area contributed by atoms with E-state index in [4.69, 9.17) is 0 Å². The van der Waals surface area contributed by atoms with Gasteiger partial charge in [0.15, 0.2) is 0 Å². The van der Waals surface area contributed by atoms with Crippen molar-refractivity contribution in [3.05, 3.63) is 66.0 Å². The fourth-order valence-corrected chi connectivity index (χ4v) is 2.41. The molecule has 3 nitrogen and oxygen atoms in total. The molecule has 0 aromatic heterocycles. The second kappa shape index (κ2) is 6.39. The number of benzene rings is 2. The molecule has 0 aliphatic carbocycles. The lowest BCUT2D eigenvalue weighted by Crippen LogP contribution is -2.44. The van der Waals surface area contributed by atoms with Crippen molar-refractivity contribution in [2.45, 2.75) is 0 Å². The van der Waals surface area contributed by atoms with Gasteiger partial charge in [0.25, 0.3) is 0 Å². The van der Waals surface area contributed by atoms with Crippen LogP contribution in [0.2, 0.25) is 0 Å². The van der Waals surface area contributed by atoms with Crippen LogP contribution in [0.5, 0.6) is 0 Å². The van der Waals surface area contributed by atoms with E-state index in [1.807, 2.05) is 6.07 Å². The number of anilines is 1. The SMILES string of the molecule is Fc1ccc(C=NN2CCN(c3ccccc3)CC2)cc1. The highest BCUT2D eigenvalue weighted by Crippen LogP contribution is 2.15. The van der Waals surface area contributed by atoms with Crippen LogP contribution in [0.15, 0.2) is 59.7 Å². The van der Waals surface area contributed by atoms with Crippen molar-refractivity contribution < 1.29 is 4.39 Å². The van der Waals surface area contributed by atoms with Crippen LogP contribution in [0.25, 0.3) is 0 Å². The quantitative estimate of drug-likeness (QED) is 0.806. The van der Waals surface area contributed by atoms with Crippen LogP contribution in [0.4, 0.5) is 10.1 Å². The van der Waals surface area contributed by atoms with Gasteiger partial charge in [-0.25, -0.2) is 4.39 Å². The maximum Gasteiger partial charge on any atom is 0.123 e. The first-order valence-electron chi connectivity index (χ1n) is 7.16. The van der Waals surface area contributed by atoms with Crippen LogP contribution >= 0.6 is 0 Å². The zero-order valence-corrected chi connectivity index (χ0v) is 11.8. The van der Waals surface area contributed by atoms with Crippen molar-refractivity contribution in [2.24, 2.45) is 5.10 Å². The molecule has 1 heterocycles. The maximum atomic E-state index is 12.8. The molecule has 0 unspecified atom stereocenters. The first-order valence-corrected chi connectivity index (χ1v) is 7.16. The van der Waals surface area contributed by atoms with Gasteiger partial charge in [-0.15, -0.1) is 0 Å². The van der Waals surface area contributed by atoms with E-state index in [2.05, 4.69) is 39.3 Å². The molecule has 0 amide bonds. The van der Waals surface area contributed by atoms with E-state index < -0.39 is 0 Å². The monoisotopic (exact) mass is 283 g/mol. The summed E-state index contributed by atoms with van der Waals surface area (Å²) in [6.45, 7) is 3.72. The molecule has 0 spiro atoms. The molecule has 2 aromatic carbocycles. The van der Waals surface area contributed by atoms with E-state index in [1.165, 1.54) is 17.8 Å². The molecule has 0 atom stereocenters. The number of hydrogen-bond acceptors (Lipinski definition) is 3. The largest absolute Gasteiger partial charge is 0.368 e.